The lowest BCUT2D eigenvalue weighted by Crippen LogP contribution is -2.59. The second-order valence-electron chi connectivity index (χ2n) is 19.6. The molecule has 13 nitrogen and oxygen atoms in total. The zero-order chi connectivity index (χ0) is 45.6. The van der Waals surface area contributed by atoms with Gasteiger partial charge in [-0.05, 0) is 120 Å². The molecule has 1 aromatic rings. The van der Waals surface area contributed by atoms with Crippen molar-refractivity contribution in [3.8, 4) is 0 Å². The predicted octanol–water partition coefficient (Wildman–Crippen LogP) is 6.70. The van der Waals surface area contributed by atoms with Gasteiger partial charge in [-0.1, -0.05) is 38.1 Å². The number of ketones is 1. The fourth-order valence-electron chi connectivity index (χ4n) is 12.7. The van der Waals surface area contributed by atoms with Crippen LogP contribution < -0.4 is 0 Å². The van der Waals surface area contributed by atoms with Gasteiger partial charge in [0, 0.05) is 51.0 Å². The highest BCUT2D eigenvalue weighted by molar-refractivity contribution is 6.17. The number of methoxy groups -OCH3 is 3. The van der Waals surface area contributed by atoms with Crippen molar-refractivity contribution in [2.75, 3.05) is 35.4 Å². The summed E-state index contributed by atoms with van der Waals surface area (Å²) < 4.78 is 71.0. The van der Waals surface area contributed by atoms with Gasteiger partial charge >= 0.3 is 11.9 Å². The average Bonchev–Trinajstić information content (AvgIpc) is 3.86. The quantitative estimate of drug-likeness (QED) is 0.231. The SMILES string of the molecule is CC[C@H]1CCC[C@H](O[C@H]2CC[C@H](N(C)C)C(C)O2)[C@@H](C)C(=O)C2=C[C@H]3[C@@H]4C[C@H](O[C@@H]5OC(C)[C@H](OC)C(OC)[C@@H]5OC)C[C@H]4C4C=C(c5ccc(F)cc5)C(=O)OC4[C@H]3[C@@H]2CC(=O)O1. The lowest BCUT2D eigenvalue weighted by molar-refractivity contribution is -0.314. The Morgan fingerprint density at radius 2 is 1.48 bits per heavy atom. The number of hydrogen-bond acceptors (Lipinski definition) is 13. The molecular formula is C50H70FNO12. The predicted molar refractivity (Wildman–Crippen MR) is 233 cm³/mol. The molecule has 354 valence electrons. The normalized spacial score (nSPS) is 42.8. The lowest BCUT2D eigenvalue weighted by Gasteiger charge is -2.49. The number of hydrogen-bond donors (Lipinski definition) is 0. The van der Waals surface area contributed by atoms with Crippen LogP contribution >= 0.6 is 0 Å². The monoisotopic (exact) mass is 895 g/mol. The van der Waals surface area contributed by atoms with E-state index in [9.17, 15) is 14.0 Å². The molecule has 0 aromatic heterocycles. The number of nitrogens with zero attached hydrogens (tertiary/aromatic N) is 1. The number of allylic oxidation sites excluding steroid dienone is 2. The third-order valence-electron chi connectivity index (χ3n) is 15.9. The van der Waals surface area contributed by atoms with Crippen LogP contribution in [0.2, 0.25) is 0 Å². The first-order valence-corrected chi connectivity index (χ1v) is 23.8. The van der Waals surface area contributed by atoms with Gasteiger partial charge in [0.15, 0.2) is 18.4 Å². The van der Waals surface area contributed by atoms with Crippen molar-refractivity contribution in [1.29, 1.82) is 0 Å². The Morgan fingerprint density at radius 1 is 0.781 bits per heavy atom. The summed E-state index contributed by atoms with van der Waals surface area (Å²) >= 11 is 0. The molecule has 5 fully saturated rings. The van der Waals surface area contributed by atoms with E-state index in [0.29, 0.717) is 48.8 Å². The molecule has 2 saturated carbocycles. The fourth-order valence-corrected chi connectivity index (χ4v) is 12.7. The number of rotatable bonds is 10. The van der Waals surface area contributed by atoms with Crippen molar-refractivity contribution in [2.24, 2.45) is 41.4 Å². The number of carbonyl (C=O) groups is 3. The third kappa shape index (κ3) is 9.28. The molecule has 0 amide bonds. The molecule has 0 N–H and O–H groups in total. The Balaban J connectivity index is 1.14. The number of Topliss-reactive ketones (excluding diaryl/α,β-unsaturated/α-hetero) is 1. The van der Waals surface area contributed by atoms with Gasteiger partial charge in [0.1, 0.15) is 36.3 Å². The molecule has 3 saturated heterocycles. The molecule has 1 aromatic carbocycles. The van der Waals surface area contributed by atoms with Crippen molar-refractivity contribution < 1.29 is 61.4 Å². The standard InChI is InChI=1S/C50H70FNO12/c1-10-30-12-11-13-40(63-42-19-18-39(52(5)6)26(3)59-42)25(2)44(54)37-23-35-33-20-31(62-50-48(58-9)47(57-8)45(56-7)27(4)60-50)21-34(33)38-22-32(28-14-16-29(51)17-15-28)49(55)64-46(38)43(35)36(37)24-41(53)61-30/h14-17,22-23,25-27,30-31,33-36,38-40,42-43,45-48,50H,10-13,18-21,24H2,1-9H3/t25-,26?,27?,30+,31+,33-,34-,35+,36-,38?,39+,40+,42+,43-,45+,46?,47?,48+,50+/m1/s1. The van der Waals surface area contributed by atoms with Gasteiger partial charge in [0.2, 0.25) is 0 Å². The molecule has 19 atom stereocenters. The van der Waals surface area contributed by atoms with E-state index in [1.54, 1.807) is 33.5 Å². The van der Waals surface area contributed by atoms with Crippen LogP contribution in [0, 0.1) is 47.2 Å². The molecule has 14 heteroatoms. The van der Waals surface area contributed by atoms with Crippen LogP contribution in [-0.2, 0) is 57.0 Å². The molecule has 4 heterocycles. The molecule has 3 aliphatic carbocycles. The highest BCUT2D eigenvalue weighted by atomic mass is 19.1. The number of halogens is 1. The minimum absolute atomic E-state index is 0.00209. The van der Waals surface area contributed by atoms with Crippen LogP contribution in [0.4, 0.5) is 4.39 Å². The highest BCUT2D eigenvalue weighted by Crippen LogP contribution is 2.61. The maximum atomic E-state index is 15.2. The average molecular weight is 896 g/mol. The van der Waals surface area contributed by atoms with Gasteiger partial charge in [0.25, 0.3) is 0 Å². The minimum atomic E-state index is -0.745. The van der Waals surface area contributed by atoms with E-state index >= 15 is 4.79 Å². The molecule has 64 heavy (non-hydrogen) atoms. The van der Waals surface area contributed by atoms with E-state index in [2.05, 4.69) is 32.0 Å². The number of esters is 2. The molecule has 5 unspecified atom stereocenters. The molecule has 4 aliphatic heterocycles. The summed E-state index contributed by atoms with van der Waals surface area (Å²) in [5, 5.41) is 0. The second kappa shape index (κ2) is 20.0. The Labute approximate surface area is 378 Å². The number of carbonyl (C=O) groups excluding carboxylic acids is 3. The number of fused-ring (bicyclic) bond motifs is 8. The molecule has 7 aliphatic rings. The van der Waals surface area contributed by atoms with E-state index in [0.717, 1.165) is 19.3 Å². The van der Waals surface area contributed by atoms with Gasteiger partial charge in [0.05, 0.1) is 36.4 Å². The minimum Gasteiger partial charge on any atom is -0.462 e. The van der Waals surface area contributed by atoms with Crippen LogP contribution in [0.3, 0.4) is 0 Å². The summed E-state index contributed by atoms with van der Waals surface area (Å²) in [6, 6.07) is 6.15. The zero-order valence-corrected chi connectivity index (χ0v) is 39.0. The van der Waals surface area contributed by atoms with Crippen molar-refractivity contribution in [3.63, 3.8) is 0 Å². The summed E-state index contributed by atoms with van der Waals surface area (Å²) in [6.45, 7) is 7.98. The van der Waals surface area contributed by atoms with Crippen LogP contribution in [-0.4, -0.2) is 132 Å². The summed E-state index contributed by atoms with van der Waals surface area (Å²) in [5.74, 6) is -3.32. The topological polar surface area (TPSA) is 138 Å². The molecule has 0 radical (unpaired) electrons. The number of likely N-dealkylation sites (N-methyl/N-ethyl adjacent to an activating group) is 1. The molecular weight excluding hydrogens is 826 g/mol. The van der Waals surface area contributed by atoms with E-state index in [1.165, 1.54) is 12.1 Å². The van der Waals surface area contributed by atoms with Crippen LogP contribution in [0.1, 0.15) is 91.0 Å². The van der Waals surface area contributed by atoms with Crippen molar-refractivity contribution >= 4 is 23.3 Å². The maximum absolute atomic E-state index is 15.2. The third-order valence-corrected chi connectivity index (χ3v) is 15.9. The van der Waals surface area contributed by atoms with Crippen LogP contribution in [0.15, 0.2) is 42.0 Å². The van der Waals surface area contributed by atoms with E-state index in [4.69, 9.17) is 42.6 Å². The van der Waals surface area contributed by atoms with Gasteiger partial charge < -0.3 is 47.5 Å². The summed E-state index contributed by atoms with van der Waals surface area (Å²) in [6.07, 6.45) is 5.10. The molecule has 0 bridgehead atoms. The fraction of sp³-hybridized carbons (Fsp3) is 0.740. The van der Waals surface area contributed by atoms with Crippen molar-refractivity contribution in [1.82, 2.24) is 4.90 Å². The number of benzene rings is 1. The van der Waals surface area contributed by atoms with Gasteiger partial charge in [-0.3, -0.25) is 9.59 Å². The smallest absolute Gasteiger partial charge is 0.338 e. The molecule has 0 spiro atoms. The van der Waals surface area contributed by atoms with Crippen molar-refractivity contribution in [2.45, 2.75) is 159 Å². The maximum Gasteiger partial charge on any atom is 0.338 e. The van der Waals surface area contributed by atoms with E-state index in [1.807, 2.05) is 26.8 Å². The second-order valence-corrected chi connectivity index (χ2v) is 19.6. The lowest BCUT2D eigenvalue weighted by atomic mass is 9.59. The van der Waals surface area contributed by atoms with Gasteiger partial charge in [-0.15, -0.1) is 0 Å². The first-order valence-electron chi connectivity index (χ1n) is 23.8. The summed E-state index contributed by atoms with van der Waals surface area (Å²) in [7, 11) is 8.99. The van der Waals surface area contributed by atoms with Crippen molar-refractivity contribution in [3.05, 3.63) is 53.4 Å². The Kier molecular flexibility index (Phi) is 14.8. The Hall–Kier alpha value is -3.08. The number of cyclic esters (lactones) is 1. The molecule has 8 rings (SSSR count). The zero-order valence-electron chi connectivity index (χ0n) is 39.0. The van der Waals surface area contributed by atoms with Crippen LogP contribution in [0.25, 0.3) is 5.57 Å². The van der Waals surface area contributed by atoms with Crippen LogP contribution in [0.5, 0.6) is 0 Å². The Bertz CT molecular complexity index is 1890. The highest BCUT2D eigenvalue weighted by Gasteiger charge is 2.62. The van der Waals surface area contributed by atoms with Gasteiger partial charge in [-0.25, -0.2) is 9.18 Å². The summed E-state index contributed by atoms with van der Waals surface area (Å²) in [4.78, 5) is 45.6. The first kappa shape index (κ1) is 47.4. The largest absolute Gasteiger partial charge is 0.462 e. The van der Waals surface area contributed by atoms with E-state index < -0.39 is 60.6 Å². The first-order chi connectivity index (χ1) is 30.7. The van der Waals surface area contributed by atoms with E-state index in [-0.39, 0.29) is 84.3 Å². The Morgan fingerprint density at radius 3 is 2.14 bits per heavy atom. The summed E-state index contributed by atoms with van der Waals surface area (Å²) in [5.41, 5.74) is 1.52. The van der Waals surface area contributed by atoms with Gasteiger partial charge in [-0.2, -0.15) is 0 Å². The number of ether oxygens (including phenoxy) is 9.